The van der Waals surface area contributed by atoms with E-state index in [2.05, 4.69) is 9.82 Å². The Hall–Kier alpha value is -1.86. The average Bonchev–Trinajstić information content (AvgIpc) is 2.88. The molecule has 2 rings (SSSR count). The molecule has 7 heteroatoms. The molecule has 108 valence electrons. The number of nitrogens with one attached hydrogen (secondary N) is 1. The van der Waals surface area contributed by atoms with E-state index in [4.69, 9.17) is 5.73 Å². The maximum Gasteiger partial charge on any atom is 0.265 e. The monoisotopic (exact) mass is 294 g/mol. The first-order valence-corrected chi connectivity index (χ1v) is 7.82. The fourth-order valence-electron chi connectivity index (χ4n) is 1.75. The van der Waals surface area contributed by atoms with Gasteiger partial charge in [-0.3, -0.25) is 9.40 Å². The van der Waals surface area contributed by atoms with E-state index in [0.29, 0.717) is 18.8 Å². The highest BCUT2D eigenvalue weighted by atomic mass is 32.2. The minimum absolute atomic E-state index is 0.151. The van der Waals surface area contributed by atoms with Crippen LogP contribution in [-0.2, 0) is 16.6 Å². The van der Waals surface area contributed by atoms with Crippen molar-refractivity contribution < 1.29 is 8.42 Å². The van der Waals surface area contributed by atoms with Gasteiger partial charge in [-0.1, -0.05) is 18.2 Å². The number of rotatable bonds is 6. The predicted octanol–water partition coefficient (Wildman–Crippen LogP) is 1.34. The summed E-state index contributed by atoms with van der Waals surface area (Å²) in [5.74, 6) is 0. The molecule has 0 aliphatic rings. The number of anilines is 1. The number of aromatic nitrogens is 2. The summed E-state index contributed by atoms with van der Waals surface area (Å²) < 4.78 is 28.7. The van der Waals surface area contributed by atoms with Crippen LogP contribution in [0.1, 0.15) is 12.0 Å². The molecule has 20 heavy (non-hydrogen) atoms. The van der Waals surface area contributed by atoms with E-state index in [9.17, 15) is 8.42 Å². The maximum absolute atomic E-state index is 12.3. The van der Waals surface area contributed by atoms with Gasteiger partial charge in [0.05, 0.1) is 11.9 Å². The summed E-state index contributed by atoms with van der Waals surface area (Å²) in [7, 11) is -3.60. The lowest BCUT2D eigenvalue weighted by Gasteiger charge is -2.08. The number of nitrogens with zero attached hydrogens (tertiary/aromatic N) is 2. The second kappa shape index (κ2) is 6.06. The van der Waals surface area contributed by atoms with Gasteiger partial charge in [0.15, 0.2) is 0 Å². The van der Waals surface area contributed by atoms with Gasteiger partial charge in [-0.15, -0.1) is 0 Å². The molecule has 0 radical (unpaired) electrons. The van der Waals surface area contributed by atoms with Gasteiger partial charge in [-0.05, 0) is 31.5 Å². The topological polar surface area (TPSA) is 90.0 Å². The zero-order chi connectivity index (χ0) is 14.6. The highest BCUT2D eigenvalue weighted by molar-refractivity contribution is 7.92. The van der Waals surface area contributed by atoms with Gasteiger partial charge < -0.3 is 5.73 Å². The Balaban J connectivity index is 2.18. The summed E-state index contributed by atoms with van der Waals surface area (Å²) in [6.45, 7) is 3.00. The molecule has 0 aliphatic carbocycles. The summed E-state index contributed by atoms with van der Waals surface area (Å²) in [5.41, 5.74) is 6.85. The summed E-state index contributed by atoms with van der Waals surface area (Å²) in [6.07, 6.45) is 3.61. The molecule has 0 fully saturated rings. The van der Waals surface area contributed by atoms with Gasteiger partial charge in [-0.2, -0.15) is 5.10 Å². The molecule has 0 saturated carbocycles. The third-order valence-corrected chi connectivity index (χ3v) is 4.22. The van der Waals surface area contributed by atoms with Crippen LogP contribution in [-0.4, -0.2) is 24.7 Å². The minimum Gasteiger partial charge on any atom is -0.330 e. The Kier molecular flexibility index (Phi) is 4.41. The van der Waals surface area contributed by atoms with Crippen LogP contribution in [0.2, 0.25) is 0 Å². The Morgan fingerprint density at radius 3 is 2.80 bits per heavy atom. The molecule has 0 amide bonds. The third kappa shape index (κ3) is 3.37. The number of nitrogens with two attached hydrogens (primary N) is 1. The van der Waals surface area contributed by atoms with Crippen LogP contribution in [0.3, 0.4) is 0 Å². The maximum atomic E-state index is 12.3. The predicted molar refractivity (Wildman–Crippen MR) is 77.9 cm³/mol. The molecule has 0 saturated heterocycles. The van der Waals surface area contributed by atoms with Crippen molar-refractivity contribution in [3.63, 3.8) is 0 Å². The molecule has 0 unspecified atom stereocenters. The van der Waals surface area contributed by atoms with Gasteiger partial charge in [0, 0.05) is 12.7 Å². The van der Waals surface area contributed by atoms with Gasteiger partial charge >= 0.3 is 0 Å². The van der Waals surface area contributed by atoms with Crippen molar-refractivity contribution in [1.82, 2.24) is 9.78 Å². The quantitative estimate of drug-likeness (QED) is 0.841. The molecule has 0 spiro atoms. The highest BCUT2D eigenvalue weighted by Gasteiger charge is 2.17. The van der Waals surface area contributed by atoms with Crippen LogP contribution in [0, 0.1) is 6.92 Å². The number of para-hydroxylation sites is 1. The van der Waals surface area contributed by atoms with E-state index < -0.39 is 10.0 Å². The zero-order valence-electron chi connectivity index (χ0n) is 11.3. The summed E-state index contributed by atoms with van der Waals surface area (Å²) in [5, 5.41) is 4.03. The number of benzene rings is 1. The molecule has 1 aromatic carbocycles. The van der Waals surface area contributed by atoms with Crippen molar-refractivity contribution in [2.45, 2.75) is 24.8 Å². The summed E-state index contributed by atoms with van der Waals surface area (Å²) >= 11 is 0. The first kappa shape index (κ1) is 14.5. The fourth-order valence-corrected chi connectivity index (χ4v) is 2.83. The molecule has 0 bridgehead atoms. The van der Waals surface area contributed by atoms with E-state index in [1.807, 2.05) is 19.1 Å². The van der Waals surface area contributed by atoms with Gasteiger partial charge in [-0.25, -0.2) is 8.42 Å². The van der Waals surface area contributed by atoms with Crippen molar-refractivity contribution in [2.24, 2.45) is 5.73 Å². The number of sulfonamides is 1. The Morgan fingerprint density at radius 2 is 2.10 bits per heavy atom. The Morgan fingerprint density at radius 1 is 1.35 bits per heavy atom. The van der Waals surface area contributed by atoms with Crippen LogP contribution >= 0.6 is 0 Å². The fraction of sp³-hybridized carbons (Fsp3) is 0.308. The van der Waals surface area contributed by atoms with Crippen molar-refractivity contribution in [3.05, 3.63) is 42.2 Å². The SMILES string of the molecule is Cc1ccccc1NS(=O)(=O)c1cnn(CCCN)c1. The van der Waals surface area contributed by atoms with Crippen LogP contribution in [0.25, 0.3) is 0 Å². The summed E-state index contributed by atoms with van der Waals surface area (Å²) in [4.78, 5) is 0.151. The smallest absolute Gasteiger partial charge is 0.265 e. The number of hydrogen-bond donors (Lipinski definition) is 2. The largest absolute Gasteiger partial charge is 0.330 e. The van der Waals surface area contributed by atoms with E-state index in [1.54, 1.807) is 16.8 Å². The zero-order valence-corrected chi connectivity index (χ0v) is 12.1. The van der Waals surface area contributed by atoms with Crippen LogP contribution < -0.4 is 10.5 Å². The molecule has 1 heterocycles. The minimum atomic E-state index is -3.60. The lowest BCUT2D eigenvalue weighted by molar-refractivity contribution is 0.582. The van der Waals surface area contributed by atoms with Crippen LogP contribution in [0.15, 0.2) is 41.6 Å². The van der Waals surface area contributed by atoms with E-state index >= 15 is 0 Å². The second-order valence-corrected chi connectivity index (χ2v) is 6.18. The van der Waals surface area contributed by atoms with Crippen molar-refractivity contribution in [1.29, 1.82) is 0 Å². The van der Waals surface area contributed by atoms with Crippen LogP contribution in [0.5, 0.6) is 0 Å². The molecule has 6 nitrogen and oxygen atoms in total. The van der Waals surface area contributed by atoms with Gasteiger partial charge in [0.25, 0.3) is 10.0 Å². The average molecular weight is 294 g/mol. The number of hydrogen-bond acceptors (Lipinski definition) is 4. The first-order valence-electron chi connectivity index (χ1n) is 6.34. The standard InChI is InChI=1S/C13H18N4O2S/c1-11-5-2-3-6-13(11)16-20(18,19)12-9-15-17(10-12)8-4-7-14/h2-3,5-6,9-10,16H,4,7-8,14H2,1H3. The van der Waals surface area contributed by atoms with E-state index in [-0.39, 0.29) is 4.90 Å². The molecule has 1 aromatic heterocycles. The number of aryl methyl sites for hydroxylation is 2. The molecular weight excluding hydrogens is 276 g/mol. The van der Waals surface area contributed by atoms with Crippen molar-refractivity contribution >= 4 is 15.7 Å². The van der Waals surface area contributed by atoms with Gasteiger partial charge in [0.1, 0.15) is 4.90 Å². The normalized spacial score (nSPS) is 11.5. The van der Waals surface area contributed by atoms with Crippen molar-refractivity contribution in [2.75, 3.05) is 11.3 Å². The Bertz CT molecular complexity index is 679. The highest BCUT2D eigenvalue weighted by Crippen LogP contribution is 2.18. The molecule has 2 aromatic rings. The first-order chi connectivity index (χ1) is 9.53. The van der Waals surface area contributed by atoms with E-state index in [0.717, 1.165) is 12.0 Å². The lowest BCUT2D eigenvalue weighted by atomic mass is 10.2. The van der Waals surface area contributed by atoms with Crippen molar-refractivity contribution in [3.8, 4) is 0 Å². The van der Waals surface area contributed by atoms with Gasteiger partial charge in [0.2, 0.25) is 0 Å². The second-order valence-electron chi connectivity index (χ2n) is 4.50. The molecule has 3 N–H and O–H groups in total. The lowest BCUT2D eigenvalue weighted by Crippen LogP contribution is -2.13. The summed E-state index contributed by atoms with van der Waals surface area (Å²) in [6, 6.07) is 7.22. The molecule has 0 aliphatic heterocycles. The van der Waals surface area contributed by atoms with Crippen LogP contribution in [0.4, 0.5) is 5.69 Å². The Labute approximate surface area is 118 Å². The van der Waals surface area contributed by atoms with E-state index in [1.165, 1.54) is 12.4 Å². The third-order valence-electron chi connectivity index (χ3n) is 2.90. The molecule has 0 atom stereocenters. The molecular formula is C13H18N4O2S.